The molecule has 8 nitrogen and oxygen atoms in total. The molecule has 3 rings (SSSR count). The smallest absolute Gasteiger partial charge is 0.252 e. The molecule has 0 aliphatic heterocycles. The van der Waals surface area contributed by atoms with E-state index in [0.717, 1.165) is 11.3 Å². The van der Waals surface area contributed by atoms with E-state index in [1.54, 1.807) is 38.3 Å². The summed E-state index contributed by atoms with van der Waals surface area (Å²) in [7, 11) is -1.91. The number of aromatic amines is 1. The number of carbonyl (C=O) groups is 1. The highest BCUT2D eigenvalue weighted by Crippen LogP contribution is 2.19. The van der Waals surface area contributed by atoms with E-state index >= 15 is 0 Å². The molecule has 2 aromatic carbocycles. The summed E-state index contributed by atoms with van der Waals surface area (Å²) >= 11 is 0. The van der Waals surface area contributed by atoms with Crippen molar-refractivity contribution in [2.75, 3.05) is 12.9 Å². The highest BCUT2D eigenvalue weighted by molar-refractivity contribution is 7.91. The average Bonchev–Trinajstić information content (AvgIpc) is 3.21. The first-order chi connectivity index (χ1) is 13.4. The van der Waals surface area contributed by atoms with E-state index in [1.165, 1.54) is 12.1 Å². The SMILES string of the molecule is CCS(=O)(=O)c1ccccc1C(=O)NCc1nc(-c2ccc(OC)cc2)n[nH]1. The Morgan fingerprint density at radius 1 is 1.14 bits per heavy atom. The summed E-state index contributed by atoms with van der Waals surface area (Å²) in [5.41, 5.74) is 0.910. The number of benzene rings is 2. The predicted molar refractivity (Wildman–Crippen MR) is 104 cm³/mol. The minimum atomic E-state index is -3.50. The van der Waals surface area contributed by atoms with Gasteiger partial charge in [-0.15, -0.1) is 0 Å². The second-order valence-electron chi connectivity index (χ2n) is 5.92. The maximum Gasteiger partial charge on any atom is 0.252 e. The van der Waals surface area contributed by atoms with Crippen LogP contribution < -0.4 is 10.1 Å². The molecule has 0 aliphatic carbocycles. The molecule has 1 heterocycles. The molecule has 3 aromatic rings. The Kier molecular flexibility index (Phi) is 5.74. The first kappa shape index (κ1) is 19.6. The van der Waals surface area contributed by atoms with Gasteiger partial charge in [0.1, 0.15) is 11.6 Å². The number of methoxy groups -OCH3 is 1. The molecule has 146 valence electrons. The van der Waals surface area contributed by atoms with Gasteiger partial charge in [-0.25, -0.2) is 13.4 Å². The van der Waals surface area contributed by atoms with Crippen LogP contribution in [0, 0.1) is 0 Å². The van der Waals surface area contributed by atoms with Crippen molar-refractivity contribution in [3.05, 3.63) is 59.9 Å². The molecular weight excluding hydrogens is 380 g/mol. The van der Waals surface area contributed by atoms with Gasteiger partial charge in [0, 0.05) is 5.56 Å². The van der Waals surface area contributed by atoms with Crippen LogP contribution in [0.3, 0.4) is 0 Å². The van der Waals surface area contributed by atoms with E-state index < -0.39 is 15.7 Å². The largest absolute Gasteiger partial charge is 0.497 e. The minimum absolute atomic E-state index is 0.0199. The number of amides is 1. The number of sulfone groups is 1. The van der Waals surface area contributed by atoms with Crippen molar-refractivity contribution in [1.82, 2.24) is 20.5 Å². The van der Waals surface area contributed by atoms with Gasteiger partial charge < -0.3 is 10.1 Å². The second-order valence-corrected chi connectivity index (χ2v) is 8.16. The normalized spacial score (nSPS) is 11.2. The van der Waals surface area contributed by atoms with Gasteiger partial charge in [0.2, 0.25) is 0 Å². The number of hydrogen-bond acceptors (Lipinski definition) is 6. The lowest BCUT2D eigenvalue weighted by Gasteiger charge is -2.09. The molecule has 1 amide bonds. The van der Waals surface area contributed by atoms with Crippen molar-refractivity contribution in [2.24, 2.45) is 0 Å². The van der Waals surface area contributed by atoms with Crippen molar-refractivity contribution >= 4 is 15.7 Å². The first-order valence-electron chi connectivity index (χ1n) is 8.60. The third-order valence-corrected chi connectivity index (χ3v) is 5.93. The van der Waals surface area contributed by atoms with Crippen molar-refractivity contribution in [1.29, 1.82) is 0 Å². The average molecular weight is 400 g/mol. The van der Waals surface area contributed by atoms with E-state index in [-0.39, 0.29) is 22.8 Å². The molecule has 2 N–H and O–H groups in total. The summed E-state index contributed by atoms with van der Waals surface area (Å²) in [4.78, 5) is 16.9. The van der Waals surface area contributed by atoms with E-state index in [4.69, 9.17) is 4.74 Å². The molecule has 0 atom stereocenters. The lowest BCUT2D eigenvalue weighted by molar-refractivity contribution is 0.0946. The van der Waals surface area contributed by atoms with Crippen LogP contribution in [0.5, 0.6) is 5.75 Å². The Balaban J connectivity index is 1.72. The number of ether oxygens (including phenoxy) is 1. The molecule has 0 unspecified atom stereocenters. The van der Waals surface area contributed by atoms with E-state index in [2.05, 4.69) is 20.5 Å². The molecule has 0 bridgehead atoms. The van der Waals surface area contributed by atoms with Crippen LogP contribution in [0.1, 0.15) is 23.1 Å². The maximum atomic E-state index is 12.5. The molecule has 0 spiro atoms. The van der Waals surface area contributed by atoms with Crippen LogP contribution in [0.4, 0.5) is 0 Å². The predicted octanol–water partition coefficient (Wildman–Crippen LogP) is 2.20. The number of H-pyrrole nitrogens is 1. The van der Waals surface area contributed by atoms with Gasteiger partial charge in [-0.3, -0.25) is 9.89 Å². The Hall–Kier alpha value is -3.20. The highest BCUT2D eigenvalue weighted by atomic mass is 32.2. The third kappa shape index (κ3) is 4.20. The number of rotatable bonds is 7. The molecule has 0 fully saturated rings. The summed E-state index contributed by atoms with van der Waals surface area (Å²) in [6.07, 6.45) is 0. The number of nitrogens with zero attached hydrogens (tertiary/aromatic N) is 2. The Bertz CT molecular complexity index is 1080. The summed E-state index contributed by atoms with van der Waals surface area (Å²) in [6.45, 7) is 1.63. The maximum absolute atomic E-state index is 12.5. The van der Waals surface area contributed by atoms with E-state index in [0.29, 0.717) is 11.6 Å². The fraction of sp³-hybridized carbons (Fsp3) is 0.211. The van der Waals surface area contributed by atoms with Crippen LogP contribution >= 0.6 is 0 Å². The quantitative estimate of drug-likeness (QED) is 0.628. The fourth-order valence-electron chi connectivity index (χ4n) is 2.58. The molecule has 0 saturated heterocycles. The first-order valence-corrected chi connectivity index (χ1v) is 10.3. The van der Waals surface area contributed by atoms with Gasteiger partial charge in [0.25, 0.3) is 5.91 Å². The summed E-state index contributed by atoms with van der Waals surface area (Å²) < 4.78 is 29.5. The number of carbonyl (C=O) groups excluding carboxylic acids is 1. The third-order valence-electron chi connectivity index (χ3n) is 4.14. The molecule has 0 saturated carbocycles. The van der Waals surface area contributed by atoms with Crippen LogP contribution in [-0.4, -0.2) is 42.4 Å². The van der Waals surface area contributed by atoms with Gasteiger partial charge in [0.15, 0.2) is 15.7 Å². The van der Waals surface area contributed by atoms with Gasteiger partial charge in [-0.1, -0.05) is 19.1 Å². The molecule has 0 radical (unpaired) electrons. The Labute approximate surface area is 162 Å². The van der Waals surface area contributed by atoms with Crippen molar-refractivity contribution in [3.63, 3.8) is 0 Å². The van der Waals surface area contributed by atoms with Gasteiger partial charge in [-0.05, 0) is 36.4 Å². The molecule has 9 heteroatoms. The van der Waals surface area contributed by atoms with Crippen LogP contribution in [0.15, 0.2) is 53.4 Å². The van der Waals surface area contributed by atoms with Crippen molar-refractivity contribution in [3.8, 4) is 17.1 Å². The standard InChI is InChI=1S/C19H20N4O4S/c1-3-28(25,26)16-7-5-4-6-15(16)19(24)20-12-17-21-18(23-22-17)13-8-10-14(27-2)11-9-13/h4-11H,3,12H2,1-2H3,(H,20,24)(H,21,22,23). The molecular formula is C19H20N4O4S. The topological polar surface area (TPSA) is 114 Å². The van der Waals surface area contributed by atoms with Crippen LogP contribution in [0.2, 0.25) is 0 Å². The number of aromatic nitrogens is 3. The van der Waals surface area contributed by atoms with E-state index in [1.807, 2.05) is 12.1 Å². The highest BCUT2D eigenvalue weighted by Gasteiger charge is 2.20. The lowest BCUT2D eigenvalue weighted by Crippen LogP contribution is -2.25. The number of nitrogens with one attached hydrogen (secondary N) is 2. The van der Waals surface area contributed by atoms with Crippen LogP contribution in [-0.2, 0) is 16.4 Å². The van der Waals surface area contributed by atoms with Crippen molar-refractivity contribution in [2.45, 2.75) is 18.4 Å². The minimum Gasteiger partial charge on any atom is -0.497 e. The second kappa shape index (κ2) is 8.22. The summed E-state index contributed by atoms with van der Waals surface area (Å²) in [6, 6.07) is 13.4. The monoisotopic (exact) mass is 400 g/mol. The fourth-order valence-corrected chi connectivity index (χ4v) is 3.68. The van der Waals surface area contributed by atoms with Gasteiger partial charge >= 0.3 is 0 Å². The molecule has 0 aliphatic rings. The Morgan fingerprint density at radius 2 is 1.86 bits per heavy atom. The van der Waals surface area contributed by atoms with Crippen LogP contribution in [0.25, 0.3) is 11.4 Å². The summed E-state index contributed by atoms with van der Waals surface area (Å²) in [5.74, 6) is 1.10. The Morgan fingerprint density at radius 3 is 2.54 bits per heavy atom. The van der Waals surface area contributed by atoms with Crippen molar-refractivity contribution < 1.29 is 17.9 Å². The number of hydrogen-bond donors (Lipinski definition) is 2. The lowest BCUT2D eigenvalue weighted by atomic mass is 10.2. The molecule has 1 aromatic heterocycles. The zero-order valence-corrected chi connectivity index (χ0v) is 16.3. The zero-order chi connectivity index (χ0) is 20.1. The summed E-state index contributed by atoms with van der Waals surface area (Å²) in [5, 5.41) is 9.59. The van der Waals surface area contributed by atoms with E-state index in [9.17, 15) is 13.2 Å². The van der Waals surface area contributed by atoms with Gasteiger partial charge in [0.05, 0.1) is 29.9 Å². The molecule has 28 heavy (non-hydrogen) atoms. The van der Waals surface area contributed by atoms with Gasteiger partial charge in [-0.2, -0.15) is 5.10 Å². The zero-order valence-electron chi connectivity index (χ0n) is 15.5.